The van der Waals surface area contributed by atoms with Crippen molar-refractivity contribution >= 4 is 5.91 Å². The molecule has 0 aliphatic heterocycles. The van der Waals surface area contributed by atoms with Gasteiger partial charge in [-0.3, -0.25) is 4.79 Å². The maximum atomic E-state index is 11.5. The SMILES string of the molecule is COc1ccc(-c2nc(C(N)=O)oc2-c2ccc(OCCO)cc2)cc1. The van der Waals surface area contributed by atoms with Crippen LogP contribution in [0, 0.1) is 0 Å². The van der Waals surface area contributed by atoms with Gasteiger partial charge in [0.25, 0.3) is 5.89 Å². The van der Waals surface area contributed by atoms with Gasteiger partial charge in [0.15, 0.2) is 5.76 Å². The Morgan fingerprint density at radius 2 is 1.69 bits per heavy atom. The molecule has 3 N–H and O–H groups in total. The largest absolute Gasteiger partial charge is 0.497 e. The highest BCUT2D eigenvalue weighted by Gasteiger charge is 2.19. The molecule has 26 heavy (non-hydrogen) atoms. The highest BCUT2D eigenvalue weighted by Crippen LogP contribution is 2.34. The van der Waals surface area contributed by atoms with Gasteiger partial charge in [-0.05, 0) is 48.5 Å². The van der Waals surface area contributed by atoms with Crippen LogP contribution >= 0.6 is 0 Å². The third-order valence-electron chi connectivity index (χ3n) is 3.68. The number of primary amides is 1. The first-order valence-corrected chi connectivity index (χ1v) is 7.91. The predicted octanol–water partition coefficient (Wildman–Crippen LogP) is 2.49. The van der Waals surface area contributed by atoms with Crippen molar-refractivity contribution in [3.05, 3.63) is 54.4 Å². The van der Waals surface area contributed by atoms with E-state index in [0.717, 1.165) is 5.56 Å². The van der Waals surface area contributed by atoms with Gasteiger partial charge in [-0.2, -0.15) is 0 Å². The summed E-state index contributed by atoms with van der Waals surface area (Å²) in [5.41, 5.74) is 7.30. The minimum atomic E-state index is -0.742. The molecule has 7 nitrogen and oxygen atoms in total. The van der Waals surface area contributed by atoms with E-state index >= 15 is 0 Å². The van der Waals surface area contributed by atoms with Crippen molar-refractivity contribution in [2.24, 2.45) is 5.73 Å². The molecule has 0 aliphatic carbocycles. The highest BCUT2D eigenvalue weighted by molar-refractivity contribution is 5.90. The number of amides is 1. The van der Waals surface area contributed by atoms with Crippen molar-refractivity contribution < 1.29 is 23.8 Å². The summed E-state index contributed by atoms with van der Waals surface area (Å²) in [7, 11) is 1.59. The maximum Gasteiger partial charge on any atom is 0.304 e. The number of ether oxygens (including phenoxy) is 2. The zero-order chi connectivity index (χ0) is 18.5. The number of aromatic nitrogens is 1. The van der Waals surface area contributed by atoms with Gasteiger partial charge in [0.2, 0.25) is 0 Å². The Labute approximate surface area is 150 Å². The molecule has 3 aromatic rings. The summed E-state index contributed by atoms with van der Waals surface area (Å²) in [6.45, 7) is 0.151. The van der Waals surface area contributed by atoms with Crippen molar-refractivity contribution in [2.45, 2.75) is 0 Å². The number of benzene rings is 2. The van der Waals surface area contributed by atoms with Gasteiger partial charge >= 0.3 is 5.91 Å². The number of hydrogen-bond acceptors (Lipinski definition) is 6. The summed E-state index contributed by atoms with van der Waals surface area (Å²) in [4.78, 5) is 15.7. The zero-order valence-electron chi connectivity index (χ0n) is 14.1. The van der Waals surface area contributed by atoms with E-state index in [2.05, 4.69) is 4.98 Å². The molecule has 0 fully saturated rings. The lowest BCUT2D eigenvalue weighted by Crippen LogP contribution is -2.10. The molecule has 0 atom stereocenters. The number of carbonyl (C=O) groups excluding carboxylic acids is 1. The fraction of sp³-hybridized carbons (Fsp3) is 0.158. The highest BCUT2D eigenvalue weighted by atomic mass is 16.5. The summed E-state index contributed by atoms with van der Waals surface area (Å²) < 4.78 is 16.1. The number of nitrogens with two attached hydrogens (primary N) is 1. The Morgan fingerprint density at radius 3 is 2.27 bits per heavy atom. The third kappa shape index (κ3) is 3.68. The molecule has 3 rings (SSSR count). The first-order chi connectivity index (χ1) is 12.6. The minimum Gasteiger partial charge on any atom is -0.497 e. The van der Waals surface area contributed by atoms with Crippen LogP contribution in [-0.4, -0.2) is 36.3 Å². The Kier molecular flexibility index (Phi) is 5.19. The molecule has 0 bridgehead atoms. The summed E-state index contributed by atoms with van der Waals surface area (Å²) in [6.07, 6.45) is 0. The molecule has 2 aromatic carbocycles. The second kappa shape index (κ2) is 7.71. The van der Waals surface area contributed by atoms with E-state index in [0.29, 0.717) is 28.5 Å². The van der Waals surface area contributed by atoms with Gasteiger partial charge in [-0.15, -0.1) is 0 Å². The second-order valence-electron chi connectivity index (χ2n) is 5.39. The first-order valence-electron chi connectivity index (χ1n) is 7.91. The van der Waals surface area contributed by atoms with E-state index in [1.807, 2.05) is 12.1 Å². The quantitative estimate of drug-likeness (QED) is 0.675. The standard InChI is InChI=1S/C19H18N2O5/c1-24-14-6-2-12(3-7-14)16-17(26-19(21-16)18(20)23)13-4-8-15(9-5-13)25-11-10-22/h2-9,22H,10-11H2,1H3,(H2,20,23). The average molecular weight is 354 g/mol. The van der Waals surface area contributed by atoms with Gasteiger partial charge in [-0.25, -0.2) is 4.98 Å². The summed E-state index contributed by atoms with van der Waals surface area (Å²) in [6, 6.07) is 14.3. The number of methoxy groups -OCH3 is 1. The van der Waals surface area contributed by atoms with Gasteiger partial charge in [0.05, 0.1) is 13.7 Å². The van der Waals surface area contributed by atoms with E-state index in [1.165, 1.54) is 0 Å². The molecule has 0 aliphatic rings. The monoisotopic (exact) mass is 354 g/mol. The number of rotatable bonds is 7. The molecular weight excluding hydrogens is 336 g/mol. The molecule has 1 amide bonds. The fourth-order valence-electron chi connectivity index (χ4n) is 2.43. The Hall–Kier alpha value is -3.32. The van der Waals surface area contributed by atoms with Crippen LogP contribution in [0.4, 0.5) is 0 Å². The topological polar surface area (TPSA) is 108 Å². The number of nitrogens with zero attached hydrogens (tertiary/aromatic N) is 1. The molecule has 1 aromatic heterocycles. The van der Waals surface area contributed by atoms with Crippen molar-refractivity contribution in [3.8, 4) is 34.1 Å². The molecule has 0 radical (unpaired) electrons. The van der Waals surface area contributed by atoms with E-state index in [4.69, 9.17) is 24.7 Å². The predicted molar refractivity (Wildman–Crippen MR) is 95.0 cm³/mol. The Balaban J connectivity index is 2.00. The molecule has 0 saturated heterocycles. The molecule has 7 heteroatoms. The van der Waals surface area contributed by atoms with Crippen LogP contribution in [0.5, 0.6) is 11.5 Å². The van der Waals surface area contributed by atoms with Gasteiger partial charge in [-0.1, -0.05) is 0 Å². The lowest BCUT2D eigenvalue weighted by Gasteiger charge is -2.06. The van der Waals surface area contributed by atoms with E-state index in [-0.39, 0.29) is 19.1 Å². The molecule has 0 saturated carbocycles. The van der Waals surface area contributed by atoms with E-state index < -0.39 is 5.91 Å². The summed E-state index contributed by atoms with van der Waals surface area (Å²) in [5.74, 6) is 0.848. The molecule has 0 spiro atoms. The van der Waals surface area contributed by atoms with Gasteiger partial charge < -0.3 is 24.7 Å². The Morgan fingerprint density at radius 1 is 1.08 bits per heavy atom. The number of aliphatic hydroxyl groups excluding tert-OH is 1. The van der Waals surface area contributed by atoms with Crippen LogP contribution in [0.2, 0.25) is 0 Å². The average Bonchev–Trinajstić information content (AvgIpc) is 3.12. The van der Waals surface area contributed by atoms with E-state index in [9.17, 15) is 4.79 Å². The van der Waals surface area contributed by atoms with Gasteiger partial charge in [0, 0.05) is 11.1 Å². The van der Waals surface area contributed by atoms with Crippen LogP contribution < -0.4 is 15.2 Å². The molecule has 0 unspecified atom stereocenters. The van der Waals surface area contributed by atoms with Crippen molar-refractivity contribution in [3.63, 3.8) is 0 Å². The third-order valence-corrected chi connectivity index (χ3v) is 3.68. The normalized spacial score (nSPS) is 10.5. The lowest BCUT2D eigenvalue weighted by atomic mass is 10.1. The first kappa shape index (κ1) is 17.5. The van der Waals surface area contributed by atoms with Crippen LogP contribution in [0.1, 0.15) is 10.7 Å². The minimum absolute atomic E-state index is 0.0621. The van der Waals surface area contributed by atoms with Crippen molar-refractivity contribution in [1.29, 1.82) is 0 Å². The summed E-state index contributed by atoms with van der Waals surface area (Å²) >= 11 is 0. The van der Waals surface area contributed by atoms with Crippen LogP contribution in [0.25, 0.3) is 22.6 Å². The van der Waals surface area contributed by atoms with E-state index in [1.54, 1.807) is 43.5 Å². The maximum absolute atomic E-state index is 11.5. The number of hydrogen-bond donors (Lipinski definition) is 2. The van der Waals surface area contributed by atoms with Crippen molar-refractivity contribution in [2.75, 3.05) is 20.3 Å². The second-order valence-corrected chi connectivity index (χ2v) is 5.39. The van der Waals surface area contributed by atoms with Crippen LogP contribution in [-0.2, 0) is 0 Å². The smallest absolute Gasteiger partial charge is 0.304 e. The summed E-state index contributed by atoms with van der Waals surface area (Å²) in [5, 5.41) is 8.81. The van der Waals surface area contributed by atoms with Crippen molar-refractivity contribution in [1.82, 2.24) is 4.98 Å². The number of oxazole rings is 1. The van der Waals surface area contributed by atoms with Crippen LogP contribution in [0.15, 0.2) is 52.9 Å². The number of aliphatic hydroxyl groups is 1. The Bertz CT molecular complexity index is 885. The number of carbonyl (C=O) groups is 1. The lowest BCUT2D eigenvalue weighted by molar-refractivity contribution is 0.0968. The zero-order valence-corrected chi connectivity index (χ0v) is 14.1. The molecule has 1 heterocycles. The van der Waals surface area contributed by atoms with Gasteiger partial charge in [0.1, 0.15) is 23.8 Å². The van der Waals surface area contributed by atoms with Crippen LogP contribution in [0.3, 0.4) is 0 Å². The fourth-order valence-corrected chi connectivity index (χ4v) is 2.43. The molecule has 134 valence electrons. The molecular formula is C19H18N2O5.